The summed E-state index contributed by atoms with van der Waals surface area (Å²) in [5, 5.41) is 2.71. The largest absolute Gasteiger partial charge is 0.438 e. The second-order valence-electron chi connectivity index (χ2n) is 5.85. The van der Waals surface area contributed by atoms with Crippen LogP contribution >= 0.6 is 0 Å². The molecule has 0 bridgehead atoms. The van der Waals surface area contributed by atoms with Crippen molar-refractivity contribution in [3.8, 4) is 0 Å². The number of nitrogens with one attached hydrogen (secondary N) is 1. The Morgan fingerprint density at radius 1 is 1.33 bits per heavy atom. The van der Waals surface area contributed by atoms with E-state index in [0.717, 1.165) is 23.6 Å². The lowest BCUT2D eigenvalue weighted by Crippen LogP contribution is -2.37. The van der Waals surface area contributed by atoms with Crippen LogP contribution in [-0.2, 0) is 10.0 Å². The summed E-state index contributed by atoms with van der Waals surface area (Å²) < 4.78 is 30.1. The van der Waals surface area contributed by atoms with Crippen molar-refractivity contribution in [2.45, 2.75) is 43.7 Å². The molecule has 2 atom stereocenters. The average Bonchev–Trinajstić information content (AvgIpc) is 2.88. The number of carbonyl (C=O) groups is 1. The summed E-state index contributed by atoms with van der Waals surface area (Å²) in [4.78, 5) is 12.1. The van der Waals surface area contributed by atoms with Gasteiger partial charge in [0.2, 0.25) is 5.09 Å². The monoisotopic (exact) mass is 314 g/mol. The molecule has 118 valence electrons. The van der Waals surface area contributed by atoms with E-state index in [-0.39, 0.29) is 22.8 Å². The van der Waals surface area contributed by atoms with Gasteiger partial charge in [-0.1, -0.05) is 19.8 Å². The summed E-state index contributed by atoms with van der Waals surface area (Å²) in [6.45, 7) is 2.17. The fraction of sp³-hybridized carbons (Fsp3) is 0.643. The van der Waals surface area contributed by atoms with Gasteiger partial charge in [-0.05, 0) is 30.9 Å². The van der Waals surface area contributed by atoms with Gasteiger partial charge in [-0.3, -0.25) is 4.79 Å². The van der Waals surface area contributed by atoms with Gasteiger partial charge in [-0.15, -0.1) is 0 Å². The minimum atomic E-state index is -3.64. The van der Waals surface area contributed by atoms with Crippen LogP contribution in [-0.4, -0.2) is 38.8 Å². The van der Waals surface area contributed by atoms with E-state index in [9.17, 15) is 13.2 Å². The topological polar surface area (TPSA) is 79.6 Å². The smallest absolute Gasteiger partial charge is 0.287 e. The number of rotatable bonds is 4. The quantitative estimate of drug-likeness (QED) is 0.919. The highest BCUT2D eigenvalue weighted by atomic mass is 32.2. The fourth-order valence-corrected chi connectivity index (χ4v) is 3.38. The first kappa shape index (κ1) is 16.0. The summed E-state index contributed by atoms with van der Waals surface area (Å²) in [5.41, 5.74) is 0. The molecule has 2 unspecified atom stereocenters. The molecule has 1 aromatic rings. The molecular weight excluding hydrogens is 292 g/mol. The van der Waals surface area contributed by atoms with Crippen molar-refractivity contribution in [3.63, 3.8) is 0 Å². The third-order valence-electron chi connectivity index (χ3n) is 3.81. The molecule has 0 aromatic carbocycles. The van der Waals surface area contributed by atoms with E-state index in [4.69, 9.17) is 4.42 Å². The summed E-state index contributed by atoms with van der Waals surface area (Å²) in [6.07, 6.45) is 4.21. The standard InChI is InChI=1S/C14H22N2O4S/c1-10-5-4-6-11(9-10)15-14(17)12-7-8-13(20-12)21(18,19)16(2)3/h7-8,10-11H,4-6,9H2,1-3H3,(H,15,17). The molecule has 21 heavy (non-hydrogen) atoms. The van der Waals surface area contributed by atoms with Gasteiger partial charge in [0.15, 0.2) is 5.76 Å². The Morgan fingerprint density at radius 2 is 2.05 bits per heavy atom. The lowest BCUT2D eigenvalue weighted by Gasteiger charge is -2.27. The minimum Gasteiger partial charge on any atom is -0.438 e. The Bertz CT molecular complexity index is 606. The summed E-state index contributed by atoms with van der Waals surface area (Å²) in [6, 6.07) is 2.85. The van der Waals surface area contributed by atoms with Crippen LogP contribution < -0.4 is 5.32 Å². The molecule has 7 heteroatoms. The molecule has 6 nitrogen and oxygen atoms in total. The first-order chi connectivity index (χ1) is 9.80. The van der Waals surface area contributed by atoms with Gasteiger partial charge in [0.1, 0.15) is 0 Å². The normalized spacial score (nSPS) is 23.2. The summed E-state index contributed by atoms with van der Waals surface area (Å²) >= 11 is 0. The zero-order valence-electron chi connectivity index (χ0n) is 12.6. The number of furan rings is 1. The Hall–Kier alpha value is -1.34. The lowest BCUT2D eigenvalue weighted by molar-refractivity contribution is 0.0887. The molecule has 0 aliphatic heterocycles. The highest BCUT2D eigenvalue weighted by Crippen LogP contribution is 2.24. The van der Waals surface area contributed by atoms with Gasteiger partial charge in [-0.25, -0.2) is 12.7 Å². The van der Waals surface area contributed by atoms with E-state index >= 15 is 0 Å². The highest BCUT2D eigenvalue weighted by molar-refractivity contribution is 7.88. The van der Waals surface area contributed by atoms with Gasteiger partial charge < -0.3 is 9.73 Å². The van der Waals surface area contributed by atoms with E-state index in [1.54, 1.807) is 0 Å². The molecule has 1 amide bonds. The number of amides is 1. The van der Waals surface area contributed by atoms with Crippen LogP contribution in [0, 0.1) is 5.92 Å². The first-order valence-electron chi connectivity index (χ1n) is 7.14. The average molecular weight is 314 g/mol. The zero-order valence-corrected chi connectivity index (χ0v) is 13.4. The second kappa shape index (κ2) is 6.19. The molecule has 0 spiro atoms. The number of hydrogen-bond donors (Lipinski definition) is 1. The van der Waals surface area contributed by atoms with Crippen LogP contribution in [0.25, 0.3) is 0 Å². The number of nitrogens with zero attached hydrogens (tertiary/aromatic N) is 1. The summed E-state index contributed by atoms with van der Waals surface area (Å²) in [7, 11) is -0.809. The SMILES string of the molecule is CC1CCCC(NC(=O)c2ccc(S(=O)(=O)N(C)C)o2)C1. The van der Waals surface area contributed by atoms with E-state index in [0.29, 0.717) is 5.92 Å². The van der Waals surface area contributed by atoms with Crippen LogP contribution in [0.4, 0.5) is 0 Å². The molecule has 0 radical (unpaired) electrons. The second-order valence-corrected chi connectivity index (χ2v) is 7.93. The maximum absolute atomic E-state index is 12.1. The highest BCUT2D eigenvalue weighted by Gasteiger charge is 2.25. The van der Waals surface area contributed by atoms with Crippen molar-refractivity contribution < 1.29 is 17.6 Å². The van der Waals surface area contributed by atoms with Crippen LogP contribution in [0.15, 0.2) is 21.6 Å². The van der Waals surface area contributed by atoms with E-state index in [2.05, 4.69) is 12.2 Å². The van der Waals surface area contributed by atoms with Gasteiger partial charge >= 0.3 is 0 Å². The predicted octanol–water partition coefficient (Wildman–Crippen LogP) is 1.84. The number of sulfonamides is 1. The fourth-order valence-electron chi connectivity index (χ4n) is 2.58. The molecule has 1 aromatic heterocycles. The minimum absolute atomic E-state index is 0.0358. The lowest BCUT2D eigenvalue weighted by atomic mass is 9.87. The number of carbonyl (C=O) groups excluding carboxylic acids is 1. The van der Waals surface area contributed by atoms with Gasteiger partial charge in [0, 0.05) is 20.1 Å². The van der Waals surface area contributed by atoms with Crippen LogP contribution in [0.1, 0.15) is 43.2 Å². The molecule has 1 aliphatic carbocycles. The van der Waals surface area contributed by atoms with Gasteiger partial charge in [-0.2, -0.15) is 0 Å². The van der Waals surface area contributed by atoms with E-state index < -0.39 is 10.0 Å². The third kappa shape index (κ3) is 3.65. The summed E-state index contributed by atoms with van der Waals surface area (Å²) in [5.74, 6) is 0.285. The Morgan fingerprint density at radius 3 is 2.67 bits per heavy atom. The maximum atomic E-state index is 12.1. The van der Waals surface area contributed by atoms with Crippen LogP contribution in [0.5, 0.6) is 0 Å². The van der Waals surface area contributed by atoms with E-state index in [1.807, 2.05) is 0 Å². The van der Waals surface area contributed by atoms with Crippen molar-refractivity contribution in [2.24, 2.45) is 5.92 Å². The van der Waals surface area contributed by atoms with Crippen molar-refractivity contribution in [1.29, 1.82) is 0 Å². The molecule has 1 heterocycles. The number of hydrogen-bond acceptors (Lipinski definition) is 4. The Balaban J connectivity index is 2.06. The van der Waals surface area contributed by atoms with Crippen molar-refractivity contribution >= 4 is 15.9 Å². The van der Waals surface area contributed by atoms with Crippen molar-refractivity contribution in [1.82, 2.24) is 9.62 Å². The third-order valence-corrected chi connectivity index (χ3v) is 5.50. The predicted molar refractivity (Wildman–Crippen MR) is 78.5 cm³/mol. The zero-order chi connectivity index (χ0) is 15.6. The first-order valence-corrected chi connectivity index (χ1v) is 8.58. The maximum Gasteiger partial charge on any atom is 0.287 e. The van der Waals surface area contributed by atoms with Crippen LogP contribution in [0.3, 0.4) is 0 Å². The van der Waals surface area contributed by atoms with Crippen molar-refractivity contribution in [2.75, 3.05) is 14.1 Å². The molecule has 0 saturated heterocycles. The molecule has 1 saturated carbocycles. The molecule has 1 fully saturated rings. The molecule has 1 N–H and O–H groups in total. The van der Waals surface area contributed by atoms with Crippen molar-refractivity contribution in [3.05, 3.63) is 17.9 Å². The molecule has 1 aliphatic rings. The Labute approximate surface area is 125 Å². The van der Waals surface area contributed by atoms with Gasteiger partial charge in [0.25, 0.3) is 15.9 Å². The Kier molecular flexibility index (Phi) is 4.73. The van der Waals surface area contributed by atoms with Crippen LogP contribution in [0.2, 0.25) is 0 Å². The van der Waals surface area contributed by atoms with E-state index in [1.165, 1.54) is 32.6 Å². The van der Waals surface area contributed by atoms with Gasteiger partial charge in [0.05, 0.1) is 0 Å². The molecule has 2 rings (SSSR count). The molecular formula is C14H22N2O4S.